The van der Waals surface area contributed by atoms with Crippen LogP contribution >= 0.6 is 24.0 Å². The van der Waals surface area contributed by atoms with E-state index in [1.807, 2.05) is 30.6 Å². The van der Waals surface area contributed by atoms with E-state index in [0.29, 0.717) is 5.11 Å². The molecule has 3 N–H and O–H groups in total. The summed E-state index contributed by atoms with van der Waals surface area (Å²) in [5.41, 5.74) is 9.33. The maximum atomic E-state index is 5.67. The van der Waals surface area contributed by atoms with E-state index in [2.05, 4.69) is 44.9 Å². The number of rotatable bonds is 5. The molecule has 1 aliphatic heterocycles. The summed E-state index contributed by atoms with van der Waals surface area (Å²) < 4.78 is 0. The Balaban J connectivity index is 1.77. The number of benzene rings is 1. The summed E-state index contributed by atoms with van der Waals surface area (Å²) in [6, 6.07) is 14.5. The third-order valence-electron chi connectivity index (χ3n) is 3.63. The lowest BCUT2D eigenvalue weighted by atomic mass is 10.1. The molecule has 1 unspecified atom stereocenters. The van der Waals surface area contributed by atoms with Gasteiger partial charge in [-0.05, 0) is 41.7 Å². The second kappa shape index (κ2) is 7.48. The van der Waals surface area contributed by atoms with Crippen LogP contribution in [0.2, 0.25) is 0 Å². The van der Waals surface area contributed by atoms with Crippen LogP contribution < -0.4 is 11.1 Å². The van der Waals surface area contributed by atoms with E-state index in [4.69, 9.17) is 18.0 Å². The molecule has 1 aromatic carbocycles. The van der Waals surface area contributed by atoms with E-state index in [-0.39, 0.29) is 5.50 Å². The van der Waals surface area contributed by atoms with Crippen LogP contribution in [-0.2, 0) is 6.42 Å². The SMILES string of the molecule is NC(=S)NC1SC=C(c2ccncc2)N1CCc1ccccc1. The predicted octanol–water partition coefficient (Wildman–Crippen LogP) is 2.79. The van der Waals surface area contributed by atoms with Gasteiger partial charge in [0.05, 0.1) is 5.70 Å². The van der Waals surface area contributed by atoms with Gasteiger partial charge in [0.15, 0.2) is 10.6 Å². The molecule has 2 aromatic rings. The lowest BCUT2D eigenvalue weighted by Crippen LogP contribution is -2.45. The number of aromatic nitrogens is 1. The van der Waals surface area contributed by atoms with Crippen molar-refractivity contribution in [1.82, 2.24) is 15.2 Å². The van der Waals surface area contributed by atoms with E-state index in [0.717, 1.165) is 18.5 Å². The van der Waals surface area contributed by atoms with Crippen LogP contribution in [0.25, 0.3) is 5.70 Å². The number of nitrogens with zero attached hydrogens (tertiary/aromatic N) is 2. The van der Waals surface area contributed by atoms with Crippen LogP contribution in [0, 0.1) is 0 Å². The van der Waals surface area contributed by atoms with Gasteiger partial charge in [-0.3, -0.25) is 4.98 Å². The molecule has 0 aliphatic carbocycles. The smallest absolute Gasteiger partial charge is 0.165 e. The van der Waals surface area contributed by atoms with Crippen molar-refractivity contribution in [2.75, 3.05) is 6.54 Å². The van der Waals surface area contributed by atoms with Crippen molar-refractivity contribution in [1.29, 1.82) is 0 Å². The number of hydrogen-bond donors (Lipinski definition) is 2. The molecule has 0 radical (unpaired) electrons. The van der Waals surface area contributed by atoms with Gasteiger partial charge >= 0.3 is 0 Å². The maximum absolute atomic E-state index is 5.67. The molecule has 0 spiro atoms. The second-order valence-electron chi connectivity index (χ2n) is 5.17. The average Bonchev–Trinajstić information content (AvgIpc) is 2.96. The molecule has 2 heterocycles. The Labute approximate surface area is 145 Å². The summed E-state index contributed by atoms with van der Waals surface area (Å²) in [6.45, 7) is 0.880. The Morgan fingerprint density at radius 2 is 1.96 bits per heavy atom. The molecule has 118 valence electrons. The molecule has 3 rings (SSSR count). The average molecular weight is 342 g/mol. The summed E-state index contributed by atoms with van der Waals surface area (Å²) in [5.74, 6) is 0. The molecule has 1 aromatic heterocycles. The second-order valence-corrected chi connectivity index (χ2v) is 6.56. The van der Waals surface area contributed by atoms with Gasteiger partial charge in [0.2, 0.25) is 0 Å². The molecule has 0 fully saturated rings. The standard InChI is InChI=1S/C17H18N4S2/c18-16(22)20-17-21(11-8-13-4-2-1-3-5-13)15(12-23-17)14-6-9-19-10-7-14/h1-7,9-10,12,17H,8,11H2,(H3,18,20,22). The van der Waals surface area contributed by atoms with Crippen molar-refractivity contribution in [3.8, 4) is 0 Å². The van der Waals surface area contributed by atoms with Crippen molar-refractivity contribution in [2.24, 2.45) is 5.73 Å². The fourth-order valence-corrected chi connectivity index (χ4v) is 3.79. The minimum absolute atomic E-state index is 0.0272. The minimum atomic E-state index is 0.0272. The highest BCUT2D eigenvalue weighted by Gasteiger charge is 2.27. The third kappa shape index (κ3) is 4.03. The van der Waals surface area contributed by atoms with Crippen molar-refractivity contribution in [3.63, 3.8) is 0 Å². The Morgan fingerprint density at radius 1 is 1.22 bits per heavy atom. The van der Waals surface area contributed by atoms with Gasteiger partial charge in [-0.15, -0.1) is 0 Å². The zero-order valence-corrected chi connectivity index (χ0v) is 14.2. The summed E-state index contributed by atoms with van der Waals surface area (Å²) >= 11 is 6.69. The van der Waals surface area contributed by atoms with Crippen molar-refractivity contribution in [3.05, 3.63) is 71.4 Å². The third-order valence-corrected chi connectivity index (χ3v) is 4.73. The van der Waals surface area contributed by atoms with Crippen molar-refractivity contribution < 1.29 is 0 Å². The fraction of sp³-hybridized carbons (Fsp3) is 0.176. The molecule has 6 heteroatoms. The van der Waals surface area contributed by atoms with Gasteiger partial charge in [0, 0.05) is 24.5 Å². The lowest BCUT2D eigenvalue weighted by molar-refractivity contribution is 0.370. The Hall–Kier alpha value is -2.05. The molecule has 0 saturated carbocycles. The van der Waals surface area contributed by atoms with E-state index < -0.39 is 0 Å². The summed E-state index contributed by atoms with van der Waals surface area (Å²) in [5, 5.41) is 5.62. The molecule has 0 saturated heterocycles. The van der Waals surface area contributed by atoms with Crippen LogP contribution in [0.1, 0.15) is 11.1 Å². The summed E-state index contributed by atoms with van der Waals surface area (Å²) in [7, 11) is 0. The largest absolute Gasteiger partial charge is 0.376 e. The summed E-state index contributed by atoms with van der Waals surface area (Å²) in [6.07, 6.45) is 4.58. The van der Waals surface area contributed by atoms with Gasteiger partial charge in [-0.2, -0.15) is 0 Å². The predicted molar refractivity (Wildman–Crippen MR) is 100 cm³/mol. The molecule has 0 amide bonds. The number of pyridine rings is 1. The Kier molecular flexibility index (Phi) is 5.15. The fourth-order valence-electron chi connectivity index (χ4n) is 2.52. The van der Waals surface area contributed by atoms with Gasteiger partial charge in [0.1, 0.15) is 0 Å². The van der Waals surface area contributed by atoms with Crippen LogP contribution in [0.3, 0.4) is 0 Å². The number of nitrogens with one attached hydrogen (secondary N) is 1. The van der Waals surface area contributed by atoms with Gasteiger partial charge < -0.3 is 16.0 Å². The highest BCUT2D eigenvalue weighted by Crippen LogP contribution is 2.35. The van der Waals surface area contributed by atoms with Crippen LogP contribution in [0.15, 0.2) is 60.3 Å². The van der Waals surface area contributed by atoms with E-state index in [9.17, 15) is 0 Å². The molecular weight excluding hydrogens is 324 g/mol. The topological polar surface area (TPSA) is 54.2 Å². The van der Waals surface area contributed by atoms with E-state index in [1.165, 1.54) is 11.3 Å². The monoisotopic (exact) mass is 342 g/mol. The molecule has 1 atom stereocenters. The Bertz CT molecular complexity index is 688. The highest BCUT2D eigenvalue weighted by atomic mass is 32.2. The first-order valence-electron chi connectivity index (χ1n) is 7.36. The van der Waals surface area contributed by atoms with E-state index >= 15 is 0 Å². The number of nitrogens with two attached hydrogens (primary N) is 1. The highest BCUT2D eigenvalue weighted by molar-refractivity contribution is 8.03. The number of thioether (sulfide) groups is 1. The molecule has 1 aliphatic rings. The number of hydrogen-bond acceptors (Lipinski definition) is 4. The summed E-state index contributed by atoms with van der Waals surface area (Å²) in [4.78, 5) is 6.39. The number of thiocarbonyl (C=S) groups is 1. The maximum Gasteiger partial charge on any atom is 0.165 e. The van der Waals surface area contributed by atoms with Gasteiger partial charge in [-0.25, -0.2) is 0 Å². The zero-order chi connectivity index (χ0) is 16.1. The normalized spacial score (nSPS) is 17.0. The molecule has 0 bridgehead atoms. The zero-order valence-electron chi connectivity index (χ0n) is 12.6. The van der Waals surface area contributed by atoms with Crippen molar-refractivity contribution >= 4 is 34.8 Å². The lowest BCUT2D eigenvalue weighted by Gasteiger charge is -2.30. The van der Waals surface area contributed by atoms with Crippen LogP contribution in [0.4, 0.5) is 0 Å². The van der Waals surface area contributed by atoms with Crippen molar-refractivity contribution in [2.45, 2.75) is 11.9 Å². The quantitative estimate of drug-likeness (QED) is 0.815. The van der Waals surface area contributed by atoms with Gasteiger partial charge in [-0.1, -0.05) is 42.1 Å². The molecular formula is C17H18N4S2. The van der Waals surface area contributed by atoms with E-state index in [1.54, 1.807) is 11.8 Å². The van der Waals surface area contributed by atoms with Gasteiger partial charge in [0.25, 0.3) is 0 Å². The molecule has 23 heavy (non-hydrogen) atoms. The first-order chi connectivity index (χ1) is 11.2. The first kappa shape index (κ1) is 15.8. The first-order valence-corrected chi connectivity index (χ1v) is 8.72. The van der Waals surface area contributed by atoms with Crippen LogP contribution in [0.5, 0.6) is 0 Å². The minimum Gasteiger partial charge on any atom is -0.376 e. The Morgan fingerprint density at radius 3 is 2.65 bits per heavy atom. The van der Waals surface area contributed by atoms with Crippen LogP contribution in [-0.4, -0.2) is 27.0 Å². The molecule has 4 nitrogen and oxygen atoms in total.